The molecule has 0 radical (unpaired) electrons. The largest absolute Gasteiger partial charge is 0.368 e. The second-order valence-corrected chi connectivity index (χ2v) is 5.85. The molecule has 1 heterocycles. The molecule has 3 rings (SSSR count). The number of nitrogens with two attached hydrogens (primary N) is 1. The van der Waals surface area contributed by atoms with Gasteiger partial charge in [-0.1, -0.05) is 6.42 Å². The fraction of sp³-hybridized carbons (Fsp3) is 0.500. The molecule has 1 aromatic rings. The van der Waals surface area contributed by atoms with Crippen LogP contribution >= 0.6 is 0 Å². The second-order valence-electron chi connectivity index (χ2n) is 5.85. The quantitative estimate of drug-likeness (QED) is 0.909. The molecule has 5 heteroatoms. The highest BCUT2D eigenvalue weighted by Gasteiger charge is 2.31. The molecule has 21 heavy (non-hydrogen) atoms. The van der Waals surface area contributed by atoms with Crippen LogP contribution in [0, 0.1) is 5.92 Å². The summed E-state index contributed by atoms with van der Waals surface area (Å²) in [4.78, 5) is 27.5. The van der Waals surface area contributed by atoms with E-state index in [2.05, 4.69) is 4.90 Å². The Hall–Kier alpha value is -2.04. The number of carbonyl (C=O) groups excluding carboxylic acids is 2. The standard InChI is InChI=1S/C16H21N3O2/c17-15(20)12-4-6-14(7-5-12)18-8-10-19(11-9-18)16(21)13-2-1-3-13/h4-7,13H,1-3,8-11H2,(H2,17,20). The average molecular weight is 287 g/mol. The third-order valence-electron chi connectivity index (χ3n) is 4.56. The topological polar surface area (TPSA) is 66.6 Å². The van der Waals surface area contributed by atoms with E-state index >= 15 is 0 Å². The summed E-state index contributed by atoms with van der Waals surface area (Å²) in [5, 5.41) is 0. The molecule has 1 aliphatic carbocycles. The molecule has 2 N–H and O–H groups in total. The Labute approximate surface area is 124 Å². The van der Waals surface area contributed by atoms with Crippen LogP contribution in [0.25, 0.3) is 0 Å². The maximum Gasteiger partial charge on any atom is 0.248 e. The molecule has 1 aliphatic heterocycles. The van der Waals surface area contributed by atoms with Gasteiger partial charge in [0.05, 0.1) is 0 Å². The van der Waals surface area contributed by atoms with E-state index in [1.54, 1.807) is 12.1 Å². The molecule has 0 spiro atoms. The molecule has 0 unspecified atom stereocenters. The zero-order valence-electron chi connectivity index (χ0n) is 12.1. The number of primary amides is 1. The van der Waals surface area contributed by atoms with Gasteiger partial charge in [-0.2, -0.15) is 0 Å². The summed E-state index contributed by atoms with van der Waals surface area (Å²) < 4.78 is 0. The third kappa shape index (κ3) is 2.86. The van der Waals surface area contributed by atoms with Gasteiger partial charge in [0.2, 0.25) is 11.8 Å². The van der Waals surface area contributed by atoms with Gasteiger partial charge in [0.1, 0.15) is 0 Å². The molecule has 5 nitrogen and oxygen atoms in total. The van der Waals surface area contributed by atoms with E-state index in [4.69, 9.17) is 5.73 Å². The summed E-state index contributed by atoms with van der Waals surface area (Å²) >= 11 is 0. The smallest absolute Gasteiger partial charge is 0.248 e. The zero-order valence-corrected chi connectivity index (χ0v) is 12.1. The lowest BCUT2D eigenvalue weighted by molar-refractivity contribution is -0.138. The molecule has 1 saturated heterocycles. The van der Waals surface area contributed by atoms with E-state index in [9.17, 15) is 9.59 Å². The average Bonchev–Trinajstić information content (AvgIpc) is 2.46. The summed E-state index contributed by atoms with van der Waals surface area (Å²) in [6.07, 6.45) is 3.32. The Kier molecular flexibility index (Phi) is 3.82. The third-order valence-corrected chi connectivity index (χ3v) is 4.56. The first-order chi connectivity index (χ1) is 10.1. The molecule has 0 bridgehead atoms. The van der Waals surface area contributed by atoms with E-state index in [1.807, 2.05) is 17.0 Å². The van der Waals surface area contributed by atoms with Crippen LogP contribution in [-0.2, 0) is 4.79 Å². The van der Waals surface area contributed by atoms with Crippen molar-refractivity contribution < 1.29 is 9.59 Å². The molecule has 2 fully saturated rings. The van der Waals surface area contributed by atoms with Crippen LogP contribution < -0.4 is 10.6 Å². The molecule has 0 atom stereocenters. The van der Waals surface area contributed by atoms with Crippen molar-refractivity contribution in [2.75, 3.05) is 31.1 Å². The van der Waals surface area contributed by atoms with Crippen molar-refractivity contribution in [1.82, 2.24) is 4.90 Å². The van der Waals surface area contributed by atoms with Crippen molar-refractivity contribution in [3.63, 3.8) is 0 Å². The van der Waals surface area contributed by atoms with E-state index in [1.165, 1.54) is 6.42 Å². The lowest BCUT2D eigenvalue weighted by Crippen LogP contribution is -2.51. The van der Waals surface area contributed by atoms with Crippen LogP contribution in [0.15, 0.2) is 24.3 Å². The van der Waals surface area contributed by atoms with Crippen molar-refractivity contribution in [3.8, 4) is 0 Å². The fourth-order valence-electron chi connectivity index (χ4n) is 2.93. The van der Waals surface area contributed by atoms with Crippen LogP contribution in [0.1, 0.15) is 29.6 Å². The minimum Gasteiger partial charge on any atom is -0.368 e. The Balaban J connectivity index is 1.57. The fourth-order valence-corrected chi connectivity index (χ4v) is 2.93. The predicted octanol–water partition coefficient (Wildman–Crippen LogP) is 1.23. The van der Waals surface area contributed by atoms with E-state index in [0.717, 1.165) is 44.7 Å². The van der Waals surface area contributed by atoms with Gasteiger partial charge < -0.3 is 15.5 Å². The first-order valence-corrected chi connectivity index (χ1v) is 7.59. The van der Waals surface area contributed by atoms with Crippen molar-refractivity contribution >= 4 is 17.5 Å². The molecule has 2 aliphatic rings. The highest BCUT2D eigenvalue weighted by atomic mass is 16.2. The zero-order chi connectivity index (χ0) is 14.8. The maximum atomic E-state index is 12.2. The van der Waals surface area contributed by atoms with Crippen molar-refractivity contribution in [2.24, 2.45) is 11.7 Å². The van der Waals surface area contributed by atoms with Crippen LogP contribution in [0.5, 0.6) is 0 Å². The van der Waals surface area contributed by atoms with E-state index in [-0.39, 0.29) is 5.92 Å². The number of nitrogens with zero attached hydrogens (tertiary/aromatic N) is 2. The number of hydrogen-bond acceptors (Lipinski definition) is 3. The molecule has 2 amide bonds. The van der Waals surface area contributed by atoms with Crippen LogP contribution in [-0.4, -0.2) is 42.9 Å². The molecule has 1 aromatic carbocycles. The van der Waals surface area contributed by atoms with Gasteiger partial charge in [-0.3, -0.25) is 9.59 Å². The second kappa shape index (κ2) is 5.76. The number of amides is 2. The monoisotopic (exact) mass is 287 g/mol. The van der Waals surface area contributed by atoms with Gasteiger partial charge in [0, 0.05) is 43.3 Å². The molecular weight excluding hydrogens is 266 g/mol. The number of hydrogen-bond donors (Lipinski definition) is 1. The van der Waals surface area contributed by atoms with Gasteiger partial charge in [-0.15, -0.1) is 0 Å². The molecule has 0 aromatic heterocycles. The number of carbonyl (C=O) groups is 2. The normalized spacial score (nSPS) is 19.2. The number of anilines is 1. The summed E-state index contributed by atoms with van der Waals surface area (Å²) in [5.74, 6) is 0.217. The lowest BCUT2D eigenvalue weighted by Gasteiger charge is -2.39. The first kappa shape index (κ1) is 13.9. The number of piperazine rings is 1. The van der Waals surface area contributed by atoms with Crippen LogP contribution in [0.4, 0.5) is 5.69 Å². The Morgan fingerprint density at radius 2 is 1.62 bits per heavy atom. The summed E-state index contributed by atoms with van der Waals surface area (Å²) in [5.41, 5.74) is 6.85. The molecule has 1 saturated carbocycles. The minimum absolute atomic E-state index is 0.284. The molecule has 112 valence electrons. The first-order valence-electron chi connectivity index (χ1n) is 7.59. The Morgan fingerprint density at radius 3 is 2.10 bits per heavy atom. The summed E-state index contributed by atoms with van der Waals surface area (Å²) in [6, 6.07) is 7.35. The highest BCUT2D eigenvalue weighted by molar-refractivity contribution is 5.93. The summed E-state index contributed by atoms with van der Waals surface area (Å²) in [6.45, 7) is 3.25. The Morgan fingerprint density at radius 1 is 1.00 bits per heavy atom. The van der Waals surface area contributed by atoms with Crippen molar-refractivity contribution in [1.29, 1.82) is 0 Å². The summed E-state index contributed by atoms with van der Waals surface area (Å²) in [7, 11) is 0. The van der Waals surface area contributed by atoms with Crippen molar-refractivity contribution in [3.05, 3.63) is 29.8 Å². The van der Waals surface area contributed by atoms with Crippen molar-refractivity contribution in [2.45, 2.75) is 19.3 Å². The van der Waals surface area contributed by atoms with Gasteiger partial charge in [0.15, 0.2) is 0 Å². The number of rotatable bonds is 3. The van der Waals surface area contributed by atoms with Gasteiger partial charge in [0.25, 0.3) is 0 Å². The SMILES string of the molecule is NC(=O)c1ccc(N2CCN(C(=O)C3CCC3)CC2)cc1. The minimum atomic E-state index is -0.405. The number of benzene rings is 1. The van der Waals surface area contributed by atoms with E-state index in [0.29, 0.717) is 11.5 Å². The van der Waals surface area contributed by atoms with Gasteiger partial charge in [-0.05, 0) is 37.1 Å². The van der Waals surface area contributed by atoms with Crippen LogP contribution in [0.2, 0.25) is 0 Å². The highest BCUT2D eigenvalue weighted by Crippen LogP contribution is 2.29. The van der Waals surface area contributed by atoms with Gasteiger partial charge in [-0.25, -0.2) is 0 Å². The van der Waals surface area contributed by atoms with E-state index < -0.39 is 5.91 Å². The predicted molar refractivity (Wildman–Crippen MR) is 81.1 cm³/mol. The van der Waals surface area contributed by atoms with Gasteiger partial charge >= 0.3 is 0 Å². The lowest BCUT2D eigenvalue weighted by atomic mass is 9.84. The maximum absolute atomic E-state index is 12.2. The Bertz CT molecular complexity index is 529. The molecular formula is C16H21N3O2. The van der Waals surface area contributed by atoms with Crippen LogP contribution in [0.3, 0.4) is 0 Å².